The summed E-state index contributed by atoms with van der Waals surface area (Å²) in [6, 6.07) is 0. The van der Waals surface area contributed by atoms with Gasteiger partial charge in [-0.05, 0) is 24.4 Å². The van der Waals surface area contributed by atoms with E-state index >= 15 is 0 Å². The van der Waals surface area contributed by atoms with Crippen LogP contribution in [0.2, 0.25) is 5.28 Å². The molecule has 1 fully saturated rings. The number of ether oxygens (including phenoxy) is 1. The van der Waals surface area contributed by atoms with E-state index in [-0.39, 0.29) is 17.3 Å². The molecule has 1 aliphatic rings. The van der Waals surface area contributed by atoms with Gasteiger partial charge in [0.25, 0.3) is 5.88 Å². The van der Waals surface area contributed by atoms with Crippen molar-refractivity contribution in [2.75, 3.05) is 0 Å². The van der Waals surface area contributed by atoms with Crippen LogP contribution in [0.5, 0.6) is 5.88 Å². The Labute approximate surface area is 73.5 Å². The van der Waals surface area contributed by atoms with Crippen LogP contribution in [0.1, 0.15) is 12.8 Å². The number of halogens is 2. The normalized spacial score (nSPS) is 16.2. The molecule has 5 heteroatoms. The standard InChI is InChI=1S/C7H6ClFN2O/c8-7-10-3-5(9)6(11-7)12-4-1-2-4/h3-4H,1-2H2. The Morgan fingerprint density at radius 3 is 3.00 bits per heavy atom. The van der Waals surface area contributed by atoms with Gasteiger partial charge in [0.1, 0.15) is 6.10 Å². The van der Waals surface area contributed by atoms with Crippen LogP contribution in [0.15, 0.2) is 6.20 Å². The zero-order valence-corrected chi connectivity index (χ0v) is 6.88. The van der Waals surface area contributed by atoms with E-state index in [4.69, 9.17) is 16.3 Å². The minimum absolute atomic E-state index is 0.00653. The van der Waals surface area contributed by atoms with Crippen molar-refractivity contribution >= 4 is 11.6 Å². The first kappa shape index (κ1) is 7.73. The Balaban J connectivity index is 2.21. The summed E-state index contributed by atoms with van der Waals surface area (Å²) in [6.07, 6.45) is 3.04. The topological polar surface area (TPSA) is 35.0 Å². The highest BCUT2D eigenvalue weighted by Crippen LogP contribution is 2.27. The third kappa shape index (κ3) is 1.64. The fraction of sp³-hybridized carbons (Fsp3) is 0.429. The molecular formula is C7H6ClFN2O. The van der Waals surface area contributed by atoms with Crippen LogP contribution in [-0.2, 0) is 0 Å². The largest absolute Gasteiger partial charge is 0.472 e. The number of nitrogens with zero attached hydrogens (tertiary/aromatic N) is 2. The van der Waals surface area contributed by atoms with E-state index in [1.54, 1.807) is 0 Å². The summed E-state index contributed by atoms with van der Waals surface area (Å²) >= 11 is 5.45. The van der Waals surface area contributed by atoms with Gasteiger partial charge in [-0.2, -0.15) is 9.37 Å². The third-order valence-electron chi connectivity index (χ3n) is 1.49. The molecule has 2 rings (SSSR count). The molecule has 1 aromatic rings. The summed E-state index contributed by atoms with van der Waals surface area (Å²) in [6.45, 7) is 0. The van der Waals surface area contributed by atoms with Gasteiger partial charge in [0.2, 0.25) is 11.1 Å². The summed E-state index contributed by atoms with van der Waals surface area (Å²) in [4.78, 5) is 7.08. The van der Waals surface area contributed by atoms with Crippen molar-refractivity contribution in [3.63, 3.8) is 0 Å². The van der Waals surface area contributed by atoms with Crippen LogP contribution in [0.4, 0.5) is 4.39 Å². The van der Waals surface area contributed by atoms with Crippen LogP contribution in [0.25, 0.3) is 0 Å². The van der Waals surface area contributed by atoms with E-state index in [0.29, 0.717) is 0 Å². The lowest BCUT2D eigenvalue weighted by atomic mass is 10.6. The average Bonchev–Trinajstić information content (AvgIpc) is 2.81. The Kier molecular flexibility index (Phi) is 1.84. The molecule has 1 aromatic heterocycles. The van der Waals surface area contributed by atoms with Gasteiger partial charge in [-0.3, -0.25) is 0 Å². The van der Waals surface area contributed by atoms with Gasteiger partial charge < -0.3 is 4.74 Å². The smallest absolute Gasteiger partial charge is 0.255 e. The molecule has 64 valence electrons. The monoisotopic (exact) mass is 188 g/mol. The van der Waals surface area contributed by atoms with Gasteiger partial charge in [0.15, 0.2) is 0 Å². The van der Waals surface area contributed by atoms with E-state index in [9.17, 15) is 4.39 Å². The van der Waals surface area contributed by atoms with Crippen molar-refractivity contribution in [2.24, 2.45) is 0 Å². The third-order valence-corrected chi connectivity index (χ3v) is 1.67. The Morgan fingerprint density at radius 2 is 2.33 bits per heavy atom. The molecule has 0 bridgehead atoms. The Morgan fingerprint density at radius 1 is 1.58 bits per heavy atom. The second-order valence-electron chi connectivity index (χ2n) is 2.61. The molecular weight excluding hydrogens is 183 g/mol. The molecule has 0 atom stereocenters. The van der Waals surface area contributed by atoms with Gasteiger partial charge in [0, 0.05) is 0 Å². The molecule has 0 amide bonds. The molecule has 0 aromatic carbocycles. The van der Waals surface area contributed by atoms with E-state index in [2.05, 4.69) is 9.97 Å². The maximum Gasteiger partial charge on any atom is 0.255 e. The summed E-state index contributed by atoms with van der Waals surface area (Å²) in [7, 11) is 0. The zero-order valence-electron chi connectivity index (χ0n) is 6.13. The van der Waals surface area contributed by atoms with Gasteiger partial charge in [-0.25, -0.2) is 4.98 Å². The second kappa shape index (κ2) is 2.86. The molecule has 0 N–H and O–H groups in total. The zero-order chi connectivity index (χ0) is 8.55. The highest BCUT2D eigenvalue weighted by atomic mass is 35.5. The van der Waals surface area contributed by atoms with Crippen molar-refractivity contribution in [1.82, 2.24) is 9.97 Å². The van der Waals surface area contributed by atoms with Crippen LogP contribution in [0, 0.1) is 5.82 Å². The minimum Gasteiger partial charge on any atom is -0.472 e. The predicted octanol–water partition coefficient (Wildman–Crippen LogP) is 1.81. The lowest BCUT2D eigenvalue weighted by molar-refractivity contribution is 0.273. The lowest BCUT2D eigenvalue weighted by Gasteiger charge is -2.02. The summed E-state index contributed by atoms with van der Waals surface area (Å²) in [5, 5.41) is 0.00653. The molecule has 0 radical (unpaired) electrons. The summed E-state index contributed by atoms with van der Waals surface area (Å²) in [5.74, 6) is -0.608. The second-order valence-corrected chi connectivity index (χ2v) is 2.95. The average molecular weight is 189 g/mol. The maximum atomic E-state index is 12.8. The first-order chi connectivity index (χ1) is 5.75. The number of rotatable bonds is 2. The Hall–Kier alpha value is -0.900. The molecule has 12 heavy (non-hydrogen) atoms. The van der Waals surface area contributed by atoms with Crippen LogP contribution < -0.4 is 4.74 Å². The quantitative estimate of drug-likeness (QED) is 0.664. The maximum absolute atomic E-state index is 12.8. The number of hydrogen-bond donors (Lipinski definition) is 0. The van der Waals surface area contributed by atoms with E-state index < -0.39 is 5.82 Å². The van der Waals surface area contributed by atoms with E-state index in [0.717, 1.165) is 19.0 Å². The molecule has 1 saturated carbocycles. The first-order valence-electron chi connectivity index (χ1n) is 3.60. The molecule has 0 aliphatic heterocycles. The first-order valence-corrected chi connectivity index (χ1v) is 3.98. The van der Waals surface area contributed by atoms with Gasteiger partial charge >= 0.3 is 0 Å². The van der Waals surface area contributed by atoms with Crippen LogP contribution >= 0.6 is 11.6 Å². The molecule has 1 heterocycles. The van der Waals surface area contributed by atoms with Crippen molar-refractivity contribution < 1.29 is 9.13 Å². The SMILES string of the molecule is Fc1cnc(Cl)nc1OC1CC1. The summed E-state index contributed by atoms with van der Waals surface area (Å²) in [5.41, 5.74) is 0. The highest BCUT2D eigenvalue weighted by Gasteiger charge is 2.25. The van der Waals surface area contributed by atoms with Crippen molar-refractivity contribution in [1.29, 1.82) is 0 Å². The lowest BCUT2D eigenvalue weighted by Crippen LogP contribution is -2.01. The molecule has 0 spiro atoms. The summed E-state index contributed by atoms with van der Waals surface area (Å²) < 4.78 is 18.0. The van der Waals surface area contributed by atoms with Gasteiger partial charge in [0.05, 0.1) is 6.20 Å². The minimum atomic E-state index is -0.564. The van der Waals surface area contributed by atoms with E-state index in [1.165, 1.54) is 0 Å². The Bertz CT molecular complexity index is 303. The fourth-order valence-corrected chi connectivity index (χ4v) is 0.883. The van der Waals surface area contributed by atoms with Crippen molar-refractivity contribution in [2.45, 2.75) is 18.9 Å². The van der Waals surface area contributed by atoms with E-state index in [1.807, 2.05) is 0 Å². The number of hydrogen-bond acceptors (Lipinski definition) is 3. The van der Waals surface area contributed by atoms with Crippen LogP contribution in [-0.4, -0.2) is 16.1 Å². The van der Waals surface area contributed by atoms with Crippen LogP contribution in [0.3, 0.4) is 0 Å². The number of aromatic nitrogens is 2. The van der Waals surface area contributed by atoms with Gasteiger partial charge in [-0.15, -0.1) is 0 Å². The highest BCUT2D eigenvalue weighted by molar-refractivity contribution is 6.28. The fourth-order valence-electron chi connectivity index (χ4n) is 0.758. The van der Waals surface area contributed by atoms with Crippen molar-refractivity contribution in [3.05, 3.63) is 17.3 Å². The molecule has 1 aliphatic carbocycles. The molecule has 3 nitrogen and oxygen atoms in total. The molecule has 0 saturated heterocycles. The molecule has 0 unspecified atom stereocenters. The van der Waals surface area contributed by atoms with Crippen molar-refractivity contribution in [3.8, 4) is 5.88 Å². The van der Waals surface area contributed by atoms with Gasteiger partial charge in [-0.1, -0.05) is 0 Å². The predicted molar refractivity (Wildman–Crippen MR) is 40.7 cm³/mol.